The minimum absolute atomic E-state index is 0.129. The van der Waals surface area contributed by atoms with Crippen molar-refractivity contribution in [1.29, 1.82) is 0 Å². The molecule has 0 radical (unpaired) electrons. The Hall–Kier alpha value is -0.570. The first-order valence-corrected chi connectivity index (χ1v) is 4.90. The smallest absolute Gasteiger partial charge is 0.305 e. The molecular weight excluding hydrogens is 168 g/mol. The Morgan fingerprint density at radius 1 is 1.31 bits per heavy atom. The molecule has 0 aliphatic carbocycles. The molecule has 0 amide bonds. The number of carbonyl (C=O) groups excluding carboxylic acids is 1. The zero-order valence-corrected chi connectivity index (χ0v) is 8.84. The van der Waals surface area contributed by atoms with E-state index in [1.807, 2.05) is 6.92 Å². The van der Waals surface area contributed by atoms with Gasteiger partial charge in [0.15, 0.2) is 0 Å². The number of hydrogen-bond acceptors (Lipinski definition) is 3. The standard InChI is InChI=1S/C10H20O3/c1-4-5-10(11)13-7-6-12-8-9(2)3/h9H,4-8H2,1-3H3. The minimum atomic E-state index is -0.129. The van der Waals surface area contributed by atoms with Crippen LogP contribution in [0.1, 0.15) is 33.6 Å². The largest absolute Gasteiger partial charge is 0.463 e. The number of ether oxygens (including phenoxy) is 2. The second kappa shape index (κ2) is 8.05. The summed E-state index contributed by atoms with van der Waals surface area (Å²) in [6, 6.07) is 0. The van der Waals surface area contributed by atoms with Crippen molar-refractivity contribution in [3.05, 3.63) is 0 Å². The summed E-state index contributed by atoms with van der Waals surface area (Å²) in [6.07, 6.45) is 1.34. The zero-order valence-electron chi connectivity index (χ0n) is 8.84. The van der Waals surface area contributed by atoms with Gasteiger partial charge in [0, 0.05) is 13.0 Å². The Kier molecular flexibility index (Phi) is 7.69. The molecule has 0 fully saturated rings. The van der Waals surface area contributed by atoms with E-state index in [-0.39, 0.29) is 5.97 Å². The van der Waals surface area contributed by atoms with Crippen molar-refractivity contribution < 1.29 is 14.3 Å². The summed E-state index contributed by atoms with van der Waals surface area (Å²) in [6.45, 7) is 7.74. The molecule has 3 nitrogen and oxygen atoms in total. The Bertz CT molecular complexity index is 132. The number of rotatable bonds is 7. The van der Waals surface area contributed by atoms with Crippen molar-refractivity contribution in [1.82, 2.24) is 0 Å². The number of esters is 1. The van der Waals surface area contributed by atoms with Gasteiger partial charge >= 0.3 is 5.97 Å². The van der Waals surface area contributed by atoms with E-state index in [1.165, 1.54) is 0 Å². The first kappa shape index (κ1) is 12.4. The highest BCUT2D eigenvalue weighted by molar-refractivity contribution is 5.69. The zero-order chi connectivity index (χ0) is 10.1. The lowest BCUT2D eigenvalue weighted by atomic mass is 10.2. The first-order chi connectivity index (χ1) is 6.16. The molecule has 0 saturated carbocycles. The summed E-state index contributed by atoms with van der Waals surface area (Å²) in [5.41, 5.74) is 0. The van der Waals surface area contributed by atoms with Crippen LogP contribution >= 0.6 is 0 Å². The summed E-state index contributed by atoms with van der Waals surface area (Å²) < 4.78 is 10.1. The summed E-state index contributed by atoms with van der Waals surface area (Å²) in [4.78, 5) is 10.9. The van der Waals surface area contributed by atoms with Gasteiger partial charge in [0.1, 0.15) is 6.61 Å². The minimum Gasteiger partial charge on any atom is -0.463 e. The van der Waals surface area contributed by atoms with Gasteiger partial charge in [0.2, 0.25) is 0 Å². The van der Waals surface area contributed by atoms with Crippen LogP contribution in [-0.2, 0) is 14.3 Å². The van der Waals surface area contributed by atoms with Crippen LogP contribution in [0.3, 0.4) is 0 Å². The molecule has 0 aromatic carbocycles. The van der Waals surface area contributed by atoms with Crippen molar-refractivity contribution in [3.63, 3.8) is 0 Å². The van der Waals surface area contributed by atoms with Crippen LogP contribution in [0.15, 0.2) is 0 Å². The van der Waals surface area contributed by atoms with Gasteiger partial charge in [-0.05, 0) is 12.3 Å². The molecule has 0 N–H and O–H groups in total. The Balaban J connectivity index is 3.11. The maximum absolute atomic E-state index is 10.9. The normalized spacial score (nSPS) is 10.5. The lowest BCUT2D eigenvalue weighted by Gasteiger charge is -2.07. The van der Waals surface area contributed by atoms with Crippen LogP contribution in [0, 0.1) is 5.92 Å². The lowest BCUT2D eigenvalue weighted by molar-refractivity contribution is -0.145. The predicted molar refractivity (Wildman–Crippen MR) is 51.5 cm³/mol. The fraction of sp³-hybridized carbons (Fsp3) is 0.900. The van der Waals surface area contributed by atoms with Crippen LogP contribution in [0.4, 0.5) is 0 Å². The van der Waals surface area contributed by atoms with Gasteiger partial charge in [0.05, 0.1) is 6.61 Å². The molecular formula is C10H20O3. The molecule has 0 aliphatic heterocycles. The fourth-order valence-electron chi connectivity index (χ4n) is 0.810. The van der Waals surface area contributed by atoms with Gasteiger partial charge < -0.3 is 9.47 Å². The molecule has 0 unspecified atom stereocenters. The molecule has 0 saturated heterocycles. The molecule has 13 heavy (non-hydrogen) atoms. The third-order valence-corrected chi connectivity index (χ3v) is 1.40. The van der Waals surface area contributed by atoms with Gasteiger partial charge in [-0.3, -0.25) is 4.79 Å². The van der Waals surface area contributed by atoms with Gasteiger partial charge in [-0.1, -0.05) is 20.8 Å². The van der Waals surface area contributed by atoms with Crippen molar-refractivity contribution in [3.8, 4) is 0 Å². The molecule has 0 aliphatic rings. The van der Waals surface area contributed by atoms with E-state index in [0.717, 1.165) is 13.0 Å². The molecule has 3 heteroatoms. The van der Waals surface area contributed by atoms with Crippen molar-refractivity contribution in [2.75, 3.05) is 19.8 Å². The van der Waals surface area contributed by atoms with E-state index in [4.69, 9.17) is 9.47 Å². The Morgan fingerprint density at radius 3 is 2.54 bits per heavy atom. The highest BCUT2D eigenvalue weighted by atomic mass is 16.6. The highest BCUT2D eigenvalue weighted by Crippen LogP contribution is 1.93. The molecule has 0 aromatic rings. The van der Waals surface area contributed by atoms with Crippen molar-refractivity contribution >= 4 is 5.97 Å². The molecule has 0 heterocycles. The highest BCUT2D eigenvalue weighted by Gasteiger charge is 1.99. The Labute approximate surface area is 80.4 Å². The van der Waals surface area contributed by atoms with E-state index < -0.39 is 0 Å². The van der Waals surface area contributed by atoms with E-state index in [1.54, 1.807) is 0 Å². The quantitative estimate of drug-likeness (QED) is 0.453. The van der Waals surface area contributed by atoms with Crippen molar-refractivity contribution in [2.24, 2.45) is 5.92 Å². The topological polar surface area (TPSA) is 35.5 Å². The van der Waals surface area contributed by atoms with Crippen LogP contribution < -0.4 is 0 Å². The summed E-state index contributed by atoms with van der Waals surface area (Å²) in [5.74, 6) is 0.405. The van der Waals surface area contributed by atoms with E-state index in [9.17, 15) is 4.79 Å². The van der Waals surface area contributed by atoms with Crippen LogP contribution in [0.25, 0.3) is 0 Å². The molecule has 0 rings (SSSR count). The molecule has 0 atom stereocenters. The van der Waals surface area contributed by atoms with Gasteiger partial charge in [-0.2, -0.15) is 0 Å². The first-order valence-electron chi connectivity index (χ1n) is 4.90. The molecule has 78 valence electrons. The monoisotopic (exact) mass is 188 g/mol. The third-order valence-electron chi connectivity index (χ3n) is 1.40. The second-order valence-corrected chi connectivity index (χ2v) is 3.44. The average molecular weight is 188 g/mol. The van der Waals surface area contributed by atoms with Gasteiger partial charge in [-0.15, -0.1) is 0 Å². The third kappa shape index (κ3) is 9.34. The van der Waals surface area contributed by atoms with Crippen LogP contribution in [0.5, 0.6) is 0 Å². The van der Waals surface area contributed by atoms with Crippen LogP contribution in [0.2, 0.25) is 0 Å². The summed E-state index contributed by atoms with van der Waals surface area (Å²) in [5, 5.41) is 0. The van der Waals surface area contributed by atoms with Gasteiger partial charge in [0.25, 0.3) is 0 Å². The number of carbonyl (C=O) groups is 1. The Morgan fingerprint density at radius 2 is 2.00 bits per heavy atom. The van der Waals surface area contributed by atoms with E-state index in [2.05, 4.69) is 13.8 Å². The lowest BCUT2D eigenvalue weighted by Crippen LogP contribution is -2.12. The maximum Gasteiger partial charge on any atom is 0.305 e. The summed E-state index contributed by atoms with van der Waals surface area (Å²) in [7, 11) is 0. The molecule has 0 aromatic heterocycles. The molecule has 0 bridgehead atoms. The van der Waals surface area contributed by atoms with E-state index in [0.29, 0.717) is 25.6 Å². The van der Waals surface area contributed by atoms with Crippen LogP contribution in [-0.4, -0.2) is 25.8 Å². The fourth-order valence-corrected chi connectivity index (χ4v) is 0.810. The predicted octanol–water partition coefficient (Wildman–Crippen LogP) is 2.00. The van der Waals surface area contributed by atoms with Crippen molar-refractivity contribution in [2.45, 2.75) is 33.6 Å². The van der Waals surface area contributed by atoms with E-state index >= 15 is 0 Å². The number of hydrogen-bond donors (Lipinski definition) is 0. The summed E-state index contributed by atoms with van der Waals surface area (Å²) >= 11 is 0. The second-order valence-electron chi connectivity index (χ2n) is 3.44. The van der Waals surface area contributed by atoms with Gasteiger partial charge in [-0.25, -0.2) is 0 Å². The molecule has 0 spiro atoms. The average Bonchev–Trinajstić information content (AvgIpc) is 2.03. The SMILES string of the molecule is CCCC(=O)OCCOCC(C)C. The maximum atomic E-state index is 10.9.